The zero-order valence-electron chi connectivity index (χ0n) is 18.3. The van der Waals surface area contributed by atoms with Crippen molar-refractivity contribution in [1.29, 1.82) is 0 Å². The van der Waals surface area contributed by atoms with Gasteiger partial charge >= 0.3 is 0 Å². The summed E-state index contributed by atoms with van der Waals surface area (Å²) in [5.74, 6) is 0. The monoisotopic (exact) mass is 384 g/mol. The van der Waals surface area contributed by atoms with Crippen LogP contribution in [-0.4, -0.2) is 28.2 Å². The van der Waals surface area contributed by atoms with Crippen molar-refractivity contribution in [2.45, 2.75) is 6.92 Å². The fourth-order valence-corrected chi connectivity index (χ4v) is 2.63. The first-order valence-corrected chi connectivity index (χ1v) is 9.80. The van der Waals surface area contributed by atoms with Crippen molar-refractivity contribution < 1.29 is 0 Å². The molecule has 2 heteroatoms. The smallest absolute Gasteiger partial charge is 0.0361 e. The van der Waals surface area contributed by atoms with E-state index in [0.29, 0.717) is 0 Å². The van der Waals surface area contributed by atoms with E-state index in [1.165, 1.54) is 28.1 Å². The van der Waals surface area contributed by atoms with Crippen molar-refractivity contribution in [2.24, 2.45) is 0 Å². The predicted molar refractivity (Wildman–Crippen MR) is 132 cm³/mol. The van der Waals surface area contributed by atoms with Crippen LogP contribution in [-0.2, 0) is 0 Å². The van der Waals surface area contributed by atoms with Crippen LogP contribution >= 0.6 is 0 Å². The largest absolute Gasteiger partial charge is 0.378 e. The van der Waals surface area contributed by atoms with Gasteiger partial charge in [0.25, 0.3) is 0 Å². The zero-order valence-corrected chi connectivity index (χ0v) is 18.3. The lowest BCUT2D eigenvalue weighted by molar-refractivity contribution is 1.13. The Kier molecular flexibility index (Phi) is 8.29. The summed E-state index contributed by atoms with van der Waals surface area (Å²) < 4.78 is 0. The van der Waals surface area contributed by atoms with E-state index in [-0.39, 0.29) is 0 Å². The van der Waals surface area contributed by atoms with Gasteiger partial charge in [-0.2, -0.15) is 0 Å². The Morgan fingerprint density at radius 2 is 1.14 bits per heavy atom. The summed E-state index contributed by atoms with van der Waals surface area (Å²) in [5.41, 5.74) is 6.92. The molecule has 0 saturated carbocycles. The third kappa shape index (κ3) is 7.71. The summed E-state index contributed by atoms with van der Waals surface area (Å²) in [6.07, 6.45) is 14.5. The minimum Gasteiger partial charge on any atom is -0.378 e. The number of hydrogen-bond acceptors (Lipinski definition) is 2. The molecule has 150 valence electrons. The van der Waals surface area contributed by atoms with Gasteiger partial charge in [0.1, 0.15) is 0 Å². The third-order valence-electron chi connectivity index (χ3n) is 4.52. The molecule has 2 aromatic rings. The van der Waals surface area contributed by atoms with E-state index in [1.54, 1.807) is 0 Å². The van der Waals surface area contributed by atoms with Crippen molar-refractivity contribution in [3.8, 4) is 0 Å². The maximum absolute atomic E-state index is 4.10. The van der Waals surface area contributed by atoms with Gasteiger partial charge in [0.2, 0.25) is 0 Å². The van der Waals surface area contributed by atoms with E-state index in [1.807, 2.05) is 46.4 Å². The van der Waals surface area contributed by atoms with Gasteiger partial charge in [-0.05, 0) is 47.9 Å². The summed E-state index contributed by atoms with van der Waals surface area (Å²) in [7, 11) is 8.19. The highest BCUT2D eigenvalue weighted by atomic mass is 15.1. The number of nitrogens with zero attached hydrogens (tertiary/aromatic N) is 2. The molecule has 0 atom stereocenters. The molecule has 0 unspecified atom stereocenters. The lowest BCUT2D eigenvalue weighted by Crippen LogP contribution is -2.07. The molecule has 0 fully saturated rings. The first-order valence-electron chi connectivity index (χ1n) is 9.80. The van der Waals surface area contributed by atoms with Crippen LogP contribution in [0.2, 0.25) is 0 Å². The van der Waals surface area contributed by atoms with Gasteiger partial charge in [0, 0.05) is 39.6 Å². The molecule has 29 heavy (non-hydrogen) atoms. The average Bonchev–Trinajstić information content (AvgIpc) is 2.71. The van der Waals surface area contributed by atoms with Gasteiger partial charge < -0.3 is 9.80 Å². The van der Waals surface area contributed by atoms with E-state index in [2.05, 4.69) is 96.1 Å². The van der Waals surface area contributed by atoms with Gasteiger partial charge in [0.05, 0.1) is 0 Å². The number of hydrogen-bond donors (Lipinski definition) is 0. The maximum atomic E-state index is 4.10. The fraction of sp³-hybridized carbons (Fsp3) is 0.185. The number of allylic oxidation sites excluding steroid dienone is 7. The zero-order chi connectivity index (χ0) is 21.2. The van der Waals surface area contributed by atoms with Crippen molar-refractivity contribution >= 4 is 23.5 Å². The highest BCUT2D eigenvalue weighted by Crippen LogP contribution is 2.15. The molecule has 2 rings (SSSR count). The van der Waals surface area contributed by atoms with Gasteiger partial charge in [-0.1, -0.05) is 78.9 Å². The van der Waals surface area contributed by atoms with Crippen LogP contribution in [0.25, 0.3) is 12.2 Å². The Hall–Kier alpha value is -3.26. The molecule has 0 aliphatic rings. The summed E-state index contributed by atoms with van der Waals surface area (Å²) in [6, 6.07) is 17.0. The van der Waals surface area contributed by atoms with Gasteiger partial charge in [-0.25, -0.2) is 0 Å². The van der Waals surface area contributed by atoms with Crippen LogP contribution in [0.1, 0.15) is 18.1 Å². The van der Waals surface area contributed by atoms with Crippen molar-refractivity contribution in [2.75, 3.05) is 38.0 Å². The maximum Gasteiger partial charge on any atom is 0.0361 e. The molecule has 0 bridgehead atoms. The first-order chi connectivity index (χ1) is 13.8. The Morgan fingerprint density at radius 1 is 0.690 bits per heavy atom. The summed E-state index contributed by atoms with van der Waals surface area (Å²) in [5, 5.41) is 0. The minimum atomic E-state index is 0.967. The van der Waals surface area contributed by atoms with E-state index in [0.717, 1.165) is 5.57 Å². The Balaban J connectivity index is 1.89. The van der Waals surface area contributed by atoms with Gasteiger partial charge in [-0.15, -0.1) is 0 Å². The van der Waals surface area contributed by atoms with E-state index < -0.39 is 0 Å². The van der Waals surface area contributed by atoms with Crippen LogP contribution in [0.5, 0.6) is 0 Å². The fourth-order valence-electron chi connectivity index (χ4n) is 2.63. The SMILES string of the molecule is C=C(\C=C/C=C(C)/C=C/c1ccc(N(C)C)cc1)/C=C/c1ccc(N(C)C)cc1. The Bertz CT molecular complexity index is 906. The molecule has 0 aliphatic carbocycles. The second-order valence-electron chi connectivity index (χ2n) is 7.48. The van der Waals surface area contributed by atoms with E-state index in [4.69, 9.17) is 0 Å². The number of rotatable bonds is 8. The van der Waals surface area contributed by atoms with E-state index >= 15 is 0 Å². The molecule has 2 nitrogen and oxygen atoms in total. The molecule has 0 aromatic heterocycles. The lowest BCUT2D eigenvalue weighted by atomic mass is 10.1. The van der Waals surface area contributed by atoms with Gasteiger partial charge in [0.15, 0.2) is 0 Å². The van der Waals surface area contributed by atoms with E-state index in [9.17, 15) is 0 Å². The van der Waals surface area contributed by atoms with Crippen LogP contribution in [0.15, 0.2) is 96.6 Å². The second-order valence-corrected chi connectivity index (χ2v) is 7.48. The minimum absolute atomic E-state index is 0.967. The summed E-state index contributed by atoms with van der Waals surface area (Å²) >= 11 is 0. The molecule has 0 radical (unpaired) electrons. The topological polar surface area (TPSA) is 6.48 Å². The lowest BCUT2D eigenvalue weighted by Gasteiger charge is -2.11. The first kappa shape index (κ1) is 22.0. The molecular weight excluding hydrogens is 352 g/mol. The van der Waals surface area contributed by atoms with Crippen molar-refractivity contribution in [1.82, 2.24) is 0 Å². The van der Waals surface area contributed by atoms with Gasteiger partial charge in [-0.3, -0.25) is 0 Å². The van der Waals surface area contributed by atoms with Crippen molar-refractivity contribution in [3.05, 3.63) is 108 Å². The molecule has 0 amide bonds. The van der Waals surface area contributed by atoms with Crippen LogP contribution in [0, 0.1) is 0 Å². The molecule has 0 heterocycles. The summed E-state index contributed by atoms with van der Waals surface area (Å²) in [4.78, 5) is 4.20. The molecule has 0 N–H and O–H groups in total. The second kappa shape index (κ2) is 10.9. The Labute approximate surface area is 176 Å². The number of anilines is 2. The number of benzene rings is 2. The van der Waals surface area contributed by atoms with Crippen LogP contribution in [0.3, 0.4) is 0 Å². The molecular formula is C27H32N2. The molecule has 0 saturated heterocycles. The predicted octanol–water partition coefficient (Wildman–Crippen LogP) is 6.60. The van der Waals surface area contributed by atoms with Crippen LogP contribution in [0.4, 0.5) is 11.4 Å². The van der Waals surface area contributed by atoms with Crippen molar-refractivity contribution in [3.63, 3.8) is 0 Å². The Morgan fingerprint density at radius 3 is 1.59 bits per heavy atom. The quantitative estimate of drug-likeness (QED) is 0.473. The van der Waals surface area contributed by atoms with Crippen LogP contribution < -0.4 is 9.80 Å². The summed E-state index contributed by atoms with van der Waals surface area (Å²) in [6.45, 7) is 6.19. The highest BCUT2D eigenvalue weighted by molar-refractivity contribution is 5.59. The molecule has 0 aliphatic heterocycles. The standard InChI is InChI=1S/C27H32N2/c1-22(10-12-24-14-18-26(19-15-24)28(3)4)8-7-9-23(2)11-13-25-16-20-27(21-17-25)29(5)6/h7-21H,1H2,2-6H3/b8-7-,12-10+,13-11+,23-9+. The molecule has 0 spiro atoms. The third-order valence-corrected chi connectivity index (χ3v) is 4.52. The normalized spacial score (nSPS) is 12.2. The average molecular weight is 385 g/mol. The molecule has 2 aromatic carbocycles. The highest BCUT2D eigenvalue weighted by Gasteiger charge is 1.94.